The lowest BCUT2D eigenvalue weighted by atomic mass is 10.1. The van der Waals surface area contributed by atoms with Crippen LogP contribution < -0.4 is 0 Å². The van der Waals surface area contributed by atoms with Crippen LogP contribution in [0, 0.1) is 13.8 Å². The summed E-state index contributed by atoms with van der Waals surface area (Å²) in [4.78, 5) is 4.34. The number of pyridine rings is 1. The van der Waals surface area contributed by atoms with E-state index in [4.69, 9.17) is 8.53 Å². The average Bonchev–Trinajstić information content (AvgIpc) is 2.91. The molecule has 0 fully saturated rings. The zero-order valence-corrected chi connectivity index (χ0v) is 11.6. The highest BCUT2D eigenvalue weighted by Gasteiger charge is 2.08. The molecule has 2 aromatic carbocycles. The predicted octanol–water partition coefficient (Wildman–Crippen LogP) is 5.26. The minimum Gasteiger partial charge on any atom is -0.456 e. The monoisotopic (exact) mass is 276 g/mol. The van der Waals surface area contributed by atoms with Gasteiger partial charge in [0.2, 0.25) is 0 Å². The Morgan fingerprint density at radius 1 is 0.952 bits per heavy atom. The quantitative estimate of drug-likeness (QED) is 0.473. The minimum atomic E-state index is -2.14. The van der Waals surface area contributed by atoms with Gasteiger partial charge in [-0.05, 0) is 49.2 Å². The molecule has 0 N–H and O–H groups in total. The molecule has 0 atom stereocenters. The average molecular weight is 276 g/mol. The highest BCUT2D eigenvalue weighted by Crippen LogP contribution is 2.31. The van der Waals surface area contributed by atoms with Gasteiger partial charge in [0, 0.05) is 26.6 Å². The number of para-hydroxylation sites is 1. The maximum Gasteiger partial charge on any atom is 0.136 e. The van der Waals surface area contributed by atoms with Crippen molar-refractivity contribution in [2.45, 2.75) is 13.8 Å². The number of fused-ring (bicyclic) bond motifs is 3. The third-order valence-electron chi connectivity index (χ3n) is 3.79. The SMILES string of the molecule is [2H]C([2H])([2H])c1cnc(-c2ccc3c(c2)oc2ccccc23)cc1C. The Hall–Kier alpha value is -2.61. The van der Waals surface area contributed by atoms with Gasteiger partial charge in [-0.25, -0.2) is 0 Å². The Balaban J connectivity index is 1.85. The summed E-state index contributed by atoms with van der Waals surface area (Å²) < 4.78 is 28.5. The number of aryl methyl sites for hydroxylation is 2. The van der Waals surface area contributed by atoms with Crippen molar-refractivity contribution in [2.24, 2.45) is 0 Å². The van der Waals surface area contributed by atoms with Gasteiger partial charge in [0.15, 0.2) is 0 Å². The lowest BCUT2D eigenvalue weighted by Crippen LogP contribution is -1.88. The van der Waals surface area contributed by atoms with Gasteiger partial charge in [-0.2, -0.15) is 0 Å². The van der Waals surface area contributed by atoms with E-state index in [1.807, 2.05) is 48.5 Å². The molecular formula is C19H15NO. The van der Waals surface area contributed by atoms with E-state index in [1.54, 1.807) is 6.92 Å². The molecule has 2 heteroatoms. The van der Waals surface area contributed by atoms with Crippen molar-refractivity contribution < 1.29 is 8.53 Å². The lowest BCUT2D eigenvalue weighted by molar-refractivity contribution is 0.669. The zero-order valence-electron chi connectivity index (χ0n) is 14.6. The number of nitrogens with zero attached hydrogens (tertiary/aromatic N) is 1. The Bertz CT molecular complexity index is 1060. The van der Waals surface area contributed by atoms with E-state index in [0.717, 1.165) is 33.2 Å². The molecule has 0 saturated carbocycles. The Kier molecular flexibility index (Phi) is 1.98. The topological polar surface area (TPSA) is 26.0 Å². The molecule has 0 saturated heterocycles. The normalized spacial score (nSPS) is 14.0. The maximum absolute atomic E-state index is 7.54. The van der Waals surface area contributed by atoms with E-state index in [9.17, 15) is 0 Å². The summed E-state index contributed by atoms with van der Waals surface area (Å²) in [7, 11) is 0. The molecule has 0 amide bonds. The van der Waals surface area contributed by atoms with Crippen molar-refractivity contribution >= 4 is 21.9 Å². The second-order valence-corrected chi connectivity index (χ2v) is 5.19. The number of furan rings is 1. The Morgan fingerprint density at radius 2 is 1.81 bits per heavy atom. The smallest absolute Gasteiger partial charge is 0.136 e. The highest BCUT2D eigenvalue weighted by atomic mass is 16.3. The molecular weight excluding hydrogens is 258 g/mol. The molecule has 0 radical (unpaired) electrons. The summed E-state index contributed by atoms with van der Waals surface area (Å²) in [6.45, 7) is -0.342. The summed E-state index contributed by atoms with van der Waals surface area (Å²) in [6, 6.07) is 15.7. The van der Waals surface area contributed by atoms with Gasteiger partial charge in [0.1, 0.15) is 11.2 Å². The maximum atomic E-state index is 7.54. The number of aromatic nitrogens is 1. The Labute approximate surface area is 127 Å². The third-order valence-corrected chi connectivity index (χ3v) is 3.79. The fourth-order valence-corrected chi connectivity index (χ4v) is 2.60. The molecule has 4 aromatic rings. The van der Waals surface area contributed by atoms with Crippen LogP contribution >= 0.6 is 0 Å². The zero-order chi connectivity index (χ0) is 16.9. The molecule has 0 spiro atoms. The lowest BCUT2D eigenvalue weighted by Gasteiger charge is -2.04. The van der Waals surface area contributed by atoms with Crippen LogP contribution in [0.4, 0.5) is 0 Å². The van der Waals surface area contributed by atoms with Crippen LogP contribution in [0.3, 0.4) is 0 Å². The minimum absolute atomic E-state index is 0.288. The van der Waals surface area contributed by atoms with E-state index in [-0.39, 0.29) is 5.56 Å². The van der Waals surface area contributed by atoms with Gasteiger partial charge >= 0.3 is 0 Å². The number of benzene rings is 2. The molecule has 2 nitrogen and oxygen atoms in total. The fraction of sp³-hybridized carbons (Fsp3) is 0.105. The van der Waals surface area contributed by atoms with Crippen molar-refractivity contribution in [2.75, 3.05) is 0 Å². The second kappa shape index (κ2) is 4.45. The van der Waals surface area contributed by atoms with Crippen LogP contribution in [0.1, 0.15) is 15.2 Å². The third kappa shape index (κ3) is 1.91. The van der Waals surface area contributed by atoms with E-state index in [2.05, 4.69) is 4.98 Å². The van der Waals surface area contributed by atoms with Crippen LogP contribution in [0.5, 0.6) is 0 Å². The molecule has 0 unspecified atom stereocenters. The van der Waals surface area contributed by atoms with Gasteiger partial charge in [-0.3, -0.25) is 4.98 Å². The van der Waals surface area contributed by atoms with E-state index in [1.165, 1.54) is 6.20 Å². The van der Waals surface area contributed by atoms with Gasteiger partial charge in [0.25, 0.3) is 0 Å². The van der Waals surface area contributed by atoms with Gasteiger partial charge < -0.3 is 4.42 Å². The van der Waals surface area contributed by atoms with Crippen LogP contribution in [0.15, 0.2) is 59.1 Å². The predicted molar refractivity (Wildman–Crippen MR) is 86.4 cm³/mol. The first kappa shape index (κ1) is 9.35. The molecule has 0 bridgehead atoms. The van der Waals surface area contributed by atoms with Gasteiger partial charge in [-0.1, -0.05) is 24.3 Å². The highest BCUT2D eigenvalue weighted by molar-refractivity contribution is 6.05. The van der Waals surface area contributed by atoms with Crippen molar-refractivity contribution in [3.63, 3.8) is 0 Å². The van der Waals surface area contributed by atoms with Gasteiger partial charge in [0.05, 0.1) is 5.69 Å². The first-order valence-corrected chi connectivity index (χ1v) is 6.82. The summed E-state index contributed by atoms with van der Waals surface area (Å²) in [5.41, 5.74) is 4.30. The molecule has 21 heavy (non-hydrogen) atoms. The summed E-state index contributed by atoms with van der Waals surface area (Å²) >= 11 is 0. The molecule has 0 aliphatic rings. The summed E-state index contributed by atoms with van der Waals surface area (Å²) in [5, 5.41) is 2.14. The van der Waals surface area contributed by atoms with Crippen LogP contribution in [-0.2, 0) is 0 Å². The van der Waals surface area contributed by atoms with E-state index < -0.39 is 6.85 Å². The first-order chi connectivity index (χ1) is 11.4. The largest absolute Gasteiger partial charge is 0.456 e. The molecule has 102 valence electrons. The van der Waals surface area contributed by atoms with Crippen LogP contribution in [-0.4, -0.2) is 4.98 Å². The molecule has 0 aliphatic carbocycles. The number of hydrogen-bond acceptors (Lipinski definition) is 2. The first-order valence-electron chi connectivity index (χ1n) is 8.32. The summed E-state index contributed by atoms with van der Waals surface area (Å²) in [6.07, 6.45) is 1.44. The van der Waals surface area contributed by atoms with Crippen molar-refractivity contribution in [3.05, 3.63) is 65.9 Å². The second-order valence-electron chi connectivity index (χ2n) is 5.19. The molecule has 0 aliphatic heterocycles. The van der Waals surface area contributed by atoms with E-state index >= 15 is 0 Å². The molecule has 2 heterocycles. The van der Waals surface area contributed by atoms with Crippen molar-refractivity contribution in [1.29, 1.82) is 0 Å². The van der Waals surface area contributed by atoms with Crippen molar-refractivity contribution in [3.8, 4) is 11.3 Å². The fourth-order valence-electron chi connectivity index (χ4n) is 2.60. The standard InChI is InChI=1S/C19H15NO/c1-12-9-17(20-11-13(12)2)14-7-8-16-15-5-3-4-6-18(15)21-19(16)10-14/h3-11H,1-2H3/i2D3. The van der Waals surface area contributed by atoms with Gasteiger partial charge in [-0.15, -0.1) is 0 Å². The van der Waals surface area contributed by atoms with Crippen LogP contribution in [0.2, 0.25) is 0 Å². The van der Waals surface area contributed by atoms with Crippen LogP contribution in [0.25, 0.3) is 33.2 Å². The summed E-state index contributed by atoms with van der Waals surface area (Å²) in [5.74, 6) is 0. The van der Waals surface area contributed by atoms with E-state index in [0.29, 0.717) is 5.56 Å². The molecule has 4 rings (SSSR count). The van der Waals surface area contributed by atoms with Crippen molar-refractivity contribution in [1.82, 2.24) is 4.98 Å². The molecule has 2 aromatic heterocycles. The number of hydrogen-bond donors (Lipinski definition) is 0. The number of rotatable bonds is 1. The Morgan fingerprint density at radius 3 is 2.67 bits per heavy atom.